The largest absolute Gasteiger partial charge is 0.483 e. The van der Waals surface area contributed by atoms with Gasteiger partial charge >= 0.3 is 6.09 Å². The van der Waals surface area contributed by atoms with Gasteiger partial charge in [-0.05, 0) is 30.4 Å². The highest BCUT2D eigenvalue weighted by molar-refractivity contribution is 5.78. The van der Waals surface area contributed by atoms with E-state index in [1.54, 1.807) is 9.80 Å². The maximum absolute atomic E-state index is 12.6. The number of piperazine rings is 1. The van der Waals surface area contributed by atoms with Gasteiger partial charge in [-0.1, -0.05) is 51.8 Å². The average Bonchev–Trinajstić information content (AvgIpc) is 2.66. The molecule has 28 heavy (non-hydrogen) atoms. The molecule has 0 atom stereocenters. The van der Waals surface area contributed by atoms with Crippen molar-refractivity contribution in [1.29, 1.82) is 0 Å². The highest BCUT2D eigenvalue weighted by atomic mass is 16.6. The number of amides is 2. The molecule has 156 valence electrons. The molecular formula is C22H34N2O4. The fourth-order valence-electron chi connectivity index (χ4n) is 3.12. The van der Waals surface area contributed by atoms with E-state index in [1.807, 2.05) is 12.1 Å². The molecule has 2 rings (SSSR count). The van der Waals surface area contributed by atoms with Gasteiger partial charge in [-0.2, -0.15) is 0 Å². The van der Waals surface area contributed by atoms with Crippen LogP contribution in [0, 0.1) is 6.92 Å². The summed E-state index contributed by atoms with van der Waals surface area (Å²) in [6, 6.07) is 6.05. The van der Waals surface area contributed by atoms with E-state index in [4.69, 9.17) is 9.47 Å². The third kappa shape index (κ3) is 6.14. The third-order valence-corrected chi connectivity index (χ3v) is 4.91. The first-order valence-corrected chi connectivity index (χ1v) is 10.2. The SMILES string of the molecule is CCCCOC(=O)N1CCN(C(=O)COc2ccc(C)cc2C(C)(C)C)CC1. The summed E-state index contributed by atoms with van der Waals surface area (Å²) in [5, 5.41) is 0. The Labute approximate surface area is 168 Å². The molecule has 1 fully saturated rings. The molecule has 0 radical (unpaired) electrons. The predicted molar refractivity (Wildman–Crippen MR) is 110 cm³/mol. The van der Waals surface area contributed by atoms with Crippen molar-refractivity contribution in [2.45, 2.75) is 52.9 Å². The first kappa shape index (κ1) is 22.1. The summed E-state index contributed by atoms with van der Waals surface area (Å²) in [7, 11) is 0. The Morgan fingerprint density at radius 3 is 2.32 bits per heavy atom. The monoisotopic (exact) mass is 390 g/mol. The molecule has 1 aliphatic heterocycles. The quantitative estimate of drug-likeness (QED) is 0.694. The zero-order valence-corrected chi connectivity index (χ0v) is 17.9. The molecule has 1 aromatic carbocycles. The van der Waals surface area contributed by atoms with Crippen LogP contribution in [-0.2, 0) is 14.9 Å². The minimum Gasteiger partial charge on any atom is -0.483 e. The van der Waals surface area contributed by atoms with Crippen molar-refractivity contribution in [3.05, 3.63) is 29.3 Å². The van der Waals surface area contributed by atoms with Crippen LogP contribution in [-0.4, -0.2) is 61.2 Å². The van der Waals surface area contributed by atoms with Gasteiger partial charge in [-0.3, -0.25) is 4.79 Å². The highest BCUT2D eigenvalue weighted by Crippen LogP contribution is 2.32. The molecule has 1 saturated heterocycles. The minimum absolute atomic E-state index is 0.00703. The number of benzene rings is 1. The fourth-order valence-corrected chi connectivity index (χ4v) is 3.12. The van der Waals surface area contributed by atoms with E-state index in [0.29, 0.717) is 32.8 Å². The van der Waals surface area contributed by atoms with Crippen LogP contribution in [0.3, 0.4) is 0 Å². The lowest BCUT2D eigenvalue weighted by molar-refractivity contribution is -0.135. The van der Waals surface area contributed by atoms with Crippen molar-refractivity contribution in [3.8, 4) is 5.75 Å². The Balaban J connectivity index is 1.85. The number of rotatable bonds is 6. The molecular weight excluding hydrogens is 356 g/mol. The Bertz CT molecular complexity index is 674. The van der Waals surface area contributed by atoms with Gasteiger partial charge in [0.05, 0.1) is 6.61 Å². The summed E-state index contributed by atoms with van der Waals surface area (Å²) in [6.07, 6.45) is 1.58. The van der Waals surface area contributed by atoms with E-state index in [9.17, 15) is 9.59 Å². The number of nitrogens with zero attached hydrogens (tertiary/aromatic N) is 2. The van der Waals surface area contributed by atoms with Gasteiger partial charge in [0.2, 0.25) is 0 Å². The first-order valence-electron chi connectivity index (χ1n) is 10.2. The molecule has 2 amide bonds. The second kappa shape index (κ2) is 9.80. The van der Waals surface area contributed by atoms with Crippen LogP contribution in [0.5, 0.6) is 5.75 Å². The molecule has 0 N–H and O–H groups in total. The Kier molecular flexibility index (Phi) is 7.72. The summed E-state index contributed by atoms with van der Waals surface area (Å²) >= 11 is 0. The van der Waals surface area contributed by atoms with E-state index in [-0.39, 0.29) is 24.0 Å². The van der Waals surface area contributed by atoms with E-state index in [1.165, 1.54) is 5.56 Å². The number of unbranched alkanes of at least 4 members (excludes halogenated alkanes) is 1. The maximum atomic E-state index is 12.6. The molecule has 0 spiro atoms. The number of carbonyl (C=O) groups is 2. The number of hydrogen-bond donors (Lipinski definition) is 0. The lowest BCUT2D eigenvalue weighted by Gasteiger charge is -2.34. The summed E-state index contributed by atoms with van der Waals surface area (Å²) in [4.78, 5) is 28.0. The topological polar surface area (TPSA) is 59.1 Å². The zero-order chi connectivity index (χ0) is 20.7. The lowest BCUT2D eigenvalue weighted by Crippen LogP contribution is -2.51. The molecule has 0 aliphatic carbocycles. The standard InChI is InChI=1S/C22H34N2O4/c1-6-7-14-27-21(26)24-12-10-23(11-13-24)20(25)16-28-19-9-8-17(2)15-18(19)22(3,4)5/h8-9,15H,6-7,10-14,16H2,1-5H3. The summed E-state index contributed by atoms with van der Waals surface area (Å²) in [5.74, 6) is 0.698. The van der Waals surface area contributed by atoms with Crippen molar-refractivity contribution in [3.63, 3.8) is 0 Å². The van der Waals surface area contributed by atoms with Crippen molar-refractivity contribution in [2.75, 3.05) is 39.4 Å². The molecule has 0 bridgehead atoms. The normalized spacial score (nSPS) is 14.8. The molecule has 6 nitrogen and oxygen atoms in total. The summed E-state index contributed by atoms with van der Waals surface area (Å²) in [5.41, 5.74) is 2.21. The molecule has 1 aliphatic rings. The van der Waals surface area contributed by atoms with Gasteiger partial charge in [0.1, 0.15) is 5.75 Å². The van der Waals surface area contributed by atoms with E-state index in [2.05, 4.69) is 40.7 Å². The molecule has 0 aromatic heterocycles. The average molecular weight is 391 g/mol. The lowest BCUT2D eigenvalue weighted by atomic mass is 9.85. The Morgan fingerprint density at radius 2 is 1.71 bits per heavy atom. The zero-order valence-electron chi connectivity index (χ0n) is 17.9. The van der Waals surface area contributed by atoms with Crippen LogP contribution >= 0.6 is 0 Å². The molecule has 1 heterocycles. The molecule has 6 heteroatoms. The maximum Gasteiger partial charge on any atom is 0.409 e. The van der Waals surface area contributed by atoms with Crippen LogP contribution in [0.1, 0.15) is 51.7 Å². The van der Waals surface area contributed by atoms with E-state index in [0.717, 1.165) is 24.2 Å². The molecule has 1 aromatic rings. The van der Waals surface area contributed by atoms with Crippen LogP contribution in [0.15, 0.2) is 18.2 Å². The van der Waals surface area contributed by atoms with Crippen molar-refractivity contribution in [1.82, 2.24) is 9.80 Å². The second-order valence-corrected chi connectivity index (χ2v) is 8.37. The molecule has 0 unspecified atom stereocenters. The van der Waals surface area contributed by atoms with Gasteiger partial charge < -0.3 is 19.3 Å². The number of hydrogen-bond acceptors (Lipinski definition) is 4. The fraction of sp³-hybridized carbons (Fsp3) is 0.636. The Morgan fingerprint density at radius 1 is 1.07 bits per heavy atom. The smallest absolute Gasteiger partial charge is 0.409 e. The van der Waals surface area contributed by atoms with Crippen LogP contribution in [0.25, 0.3) is 0 Å². The first-order chi connectivity index (χ1) is 13.2. The third-order valence-electron chi connectivity index (χ3n) is 4.91. The Hall–Kier alpha value is -2.24. The van der Waals surface area contributed by atoms with E-state index < -0.39 is 0 Å². The van der Waals surface area contributed by atoms with Crippen LogP contribution in [0.2, 0.25) is 0 Å². The number of ether oxygens (including phenoxy) is 2. The predicted octanol–water partition coefficient (Wildman–Crippen LogP) is 3.75. The van der Waals surface area contributed by atoms with Crippen LogP contribution in [0.4, 0.5) is 4.79 Å². The van der Waals surface area contributed by atoms with Gasteiger partial charge in [-0.15, -0.1) is 0 Å². The van der Waals surface area contributed by atoms with Gasteiger partial charge in [0.25, 0.3) is 5.91 Å². The molecule has 0 saturated carbocycles. The number of aryl methyl sites for hydroxylation is 1. The number of carbonyl (C=O) groups excluding carboxylic acids is 2. The van der Waals surface area contributed by atoms with Crippen molar-refractivity contribution in [2.24, 2.45) is 0 Å². The van der Waals surface area contributed by atoms with Gasteiger partial charge in [0, 0.05) is 26.2 Å². The van der Waals surface area contributed by atoms with Crippen molar-refractivity contribution >= 4 is 12.0 Å². The summed E-state index contributed by atoms with van der Waals surface area (Å²) < 4.78 is 11.1. The second-order valence-electron chi connectivity index (χ2n) is 8.37. The van der Waals surface area contributed by atoms with Gasteiger partial charge in [-0.25, -0.2) is 4.79 Å². The highest BCUT2D eigenvalue weighted by Gasteiger charge is 2.26. The van der Waals surface area contributed by atoms with Crippen LogP contribution < -0.4 is 4.74 Å². The van der Waals surface area contributed by atoms with Crippen molar-refractivity contribution < 1.29 is 19.1 Å². The van der Waals surface area contributed by atoms with Gasteiger partial charge in [0.15, 0.2) is 6.61 Å². The summed E-state index contributed by atoms with van der Waals surface area (Å²) in [6.45, 7) is 13.0. The minimum atomic E-state index is -0.286. The van der Waals surface area contributed by atoms with E-state index >= 15 is 0 Å².